The smallest absolute Gasteiger partial charge is 0.417 e. The maximum absolute atomic E-state index is 13.4. The van der Waals surface area contributed by atoms with Gasteiger partial charge in [-0.15, -0.1) is 0 Å². The van der Waals surface area contributed by atoms with Gasteiger partial charge >= 0.3 is 12.4 Å². The number of furan rings is 1. The quantitative estimate of drug-likeness (QED) is 0.141. The molecule has 0 spiro atoms. The van der Waals surface area contributed by atoms with E-state index in [4.69, 9.17) is 4.42 Å². The van der Waals surface area contributed by atoms with Gasteiger partial charge in [-0.2, -0.15) is 26.3 Å². The van der Waals surface area contributed by atoms with E-state index < -0.39 is 23.5 Å². The molecule has 9 heteroatoms. The van der Waals surface area contributed by atoms with Gasteiger partial charge in [0.05, 0.1) is 22.9 Å². The van der Waals surface area contributed by atoms with Crippen molar-refractivity contribution in [2.24, 2.45) is 0 Å². The van der Waals surface area contributed by atoms with Gasteiger partial charge in [0.2, 0.25) is 0 Å². The number of carbonyl (C=O) groups is 1. The minimum Gasteiger partial charge on any atom is -0.464 e. The number of halogens is 6. The van der Waals surface area contributed by atoms with Gasteiger partial charge in [-0.1, -0.05) is 66.7 Å². The lowest BCUT2D eigenvalue weighted by atomic mass is 9.95. The predicted molar refractivity (Wildman–Crippen MR) is 164 cm³/mol. The Labute approximate surface area is 257 Å². The molecule has 2 aromatic heterocycles. The SMILES string of the molecule is O=C(c1ccc(-c2ccc(-n3ccc4cc5ccoc5cc43)cc2)cc1)c1ccc(-c2ccc(C(F)(F)F)c(C(F)(F)F)c2)cc1. The lowest BCUT2D eigenvalue weighted by Gasteiger charge is -2.16. The van der Waals surface area contributed by atoms with Gasteiger partial charge < -0.3 is 8.98 Å². The second kappa shape index (κ2) is 10.8. The van der Waals surface area contributed by atoms with E-state index in [1.807, 2.05) is 54.7 Å². The van der Waals surface area contributed by atoms with Crippen LogP contribution in [0.25, 0.3) is 49.8 Å². The van der Waals surface area contributed by atoms with Crippen LogP contribution in [0.1, 0.15) is 27.0 Å². The molecule has 0 bridgehead atoms. The van der Waals surface area contributed by atoms with E-state index in [9.17, 15) is 31.1 Å². The van der Waals surface area contributed by atoms with E-state index in [0.717, 1.165) is 44.8 Å². The number of carbonyl (C=O) groups excluding carboxylic acids is 1. The van der Waals surface area contributed by atoms with Crippen LogP contribution in [0, 0.1) is 0 Å². The van der Waals surface area contributed by atoms with E-state index in [2.05, 4.69) is 16.7 Å². The summed E-state index contributed by atoms with van der Waals surface area (Å²) in [5.74, 6) is -0.304. The van der Waals surface area contributed by atoms with Crippen LogP contribution in [0.5, 0.6) is 0 Å². The fourth-order valence-corrected chi connectivity index (χ4v) is 5.63. The molecule has 0 saturated heterocycles. The average molecular weight is 626 g/mol. The van der Waals surface area contributed by atoms with Gasteiger partial charge in [0.25, 0.3) is 0 Å². The van der Waals surface area contributed by atoms with Gasteiger partial charge in [-0.3, -0.25) is 4.79 Å². The summed E-state index contributed by atoms with van der Waals surface area (Å²) in [7, 11) is 0. The third-order valence-corrected chi connectivity index (χ3v) is 8.00. The van der Waals surface area contributed by atoms with Crippen LogP contribution in [0.4, 0.5) is 26.3 Å². The van der Waals surface area contributed by atoms with Crippen LogP contribution in [0.3, 0.4) is 0 Å². The van der Waals surface area contributed by atoms with Gasteiger partial charge in [0, 0.05) is 39.8 Å². The van der Waals surface area contributed by atoms with Crippen molar-refractivity contribution in [3.05, 3.63) is 150 Å². The van der Waals surface area contributed by atoms with E-state index in [1.165, 1.54) is 24.3 Å². The molecule has 3 nitrogen and oxygen atoms in total. The monoisotopic (exact) mass is 625 g/mol. The zero-order valence-electron chi connectivity index (χ0n) is 23.7. The summed E-state index contributed by atoms with van der Waals surface area (Å²) in [6.07, 6.45) is -6.65. The second-order valence-corrected chi connectivity index (χ2v) is 10.8. The first-order chi connectivity index (χ1) is 22.0. The highest BCUT2D eigenvalue weighted by molar-refractivity contribution is 6.09. The fraction of sp³-hybridized carbons (Fsp3) is 0.0541. The largest absolute Gasteiger partial charge is 0.464 e. The van der Waals surface area contributed by atoms with Crippen LogP contribution in [-0.2, 0) is 12.4 Å². The number of aromatic nitrogens is 1. The van der Waals surface area contributed by atoms with Crippen LogP contribution in [0.15, 0.2) is 132 Å². The first kappa shape index (κ1) is 29.2. The van der Waals surface area contributed by atoms with Crippen LogP contribution in [0.2, 0.25) is 0 Å². The molecular formula is C37H21F6NO2. The predicted octanol–water partition coefficient (Wildman–Crippen LogP) is 11.0. The number of hydrogen-bond acceptors (Lipinski definition) is 2. The Kier molecular flexibility index (Phi) is 6.85. The summed E-state index contributed by atoms with van der Waals surface area (Å²) in [5.41, 5.74) is 2.05. The molecule has 0 aliphatic heterocycles. The van der Waals surface area contributed by atoms with Crippen molar-refractivity contribution in [1.29, 1.82) is 0 Å². The fourth-order valence-electron chi connectivity index (χ4n) is 5.63. The minimum absolute atomic E-state index is 0.0468. The Morgan fingerprint density at radius 3 is 1.67 bits per heavy atom. The van der Waals surface area contributed by atoms with Crippen molar-refractivity contribution in [2.45, 2.75) is 12.4 Å². The standard InChI is InChI=1S/C37H21F6NO2/c38-36(39,40)31-14-11-27(20-32(31)37(41,42)43)24-3-7-26(8-4-24)35(45)25-5-1-22(2-6-25)23-9-12-30(13-10-23)44-17-15-28-19-29-16-18-46-34(29)21-33(28)44/h1-21H. The number of nitrogens with zero attached hydrogens (tertiary/aromatic N) is 1. The average Bonchev–Trinajstić information content (AvgIpc) is 3.69. The van der Waals surface area contributed by atoms with Gasteiger partial charge in [0.15, 0.2) is 5.78 Å². The highest BCUT2D eigenvalue weighted by Crippen LogP contribution is 2.42. The number of alkyl halides is 6. The van der Waals surface area contributed by atoms with Crippen molar-refractivity contribution in [3.8, 4) is 27.9 Å². The summed E-state index contributed by atoms with van der Waals surface area (Å²) in [6, 6.07) is 30.7. The molecule has 2 heterocycles. The molecule has 0 aliphatic carbocycles. The molecule has 0 saturated carbocycles. The summed E-state index contributed by atoms with van der Waals surface area (Å²) in [6.45, 7) is 0. The maximum Gasteiger partial charge on any atom is 0.417 e. The molecule has 7 rings (SSSR count). The molecule has 7 aromatic rings. The molecule has 228 valence electrons. The molecule has 0 fully saturated rings. The van der Waals surface area contributed by atoms with E-state index in [0.29, 0.717) is 17.7 Å². The molecule has 46 heavy (non-hydrogen) atoms. The van der Waals surface area contributed by atoms with Crippen LogP contribution >= 0.6 is 0 Å². The normalized spacial score (nSPS) is 12.2. The zero-order valence-corrected chi connectivity index (χ0v) is 23.7. The Morgan fingerprint density at radius 1 is 0.543 bits per heavy atom. The Bertz CT molecular complexity index is 2220. The zero-order chi connectivity index (χ0) is 32.2. The molecule has 0 N–H and O–H groups in total. The molecule has 0 aliphatic rings. The first-order valence-corrected chi connectivity index (χ1v) is 14.1. The number of rotatable bonds is 5. The first-order valence-electron chi connectivity index (χ1n) is 14.1. The lowest BCUT2D eigenvalue weighted by Crippen LogP contribution is -2.16. The van der Waals surface area contributed by atoms with Crippen LogP contribution < -0.4 is 0 Å². The topological polar surface area (TPSA) is 35.1 Å². The summed E-state index contributed by atoms with van der Waals surface area (Å²) in [4.78, 5) is 13.1. The Morgan fingerprint density at radius 2 is 1.09 bits per heavy atom. The number of fused-ring (bicyclic) bond motifs is 2. The number of ketones is 1. The Balaban J connectivity index is 1.08. The van der Waals surface area contributed by atoms with Crippen LogP contribution in [-0.4, -0.2) is 10.4 Å². The Hall–Kier alpha value is -5.57. The third kappa shape index (κ3) is 5.34. The molecular weight excluding hydrogens is 604 g/mol. The van der Waals surface area contributed by atoms with E-state index >= 15 is 0 Å². The van der Waals surface area contributed by atoms with E-state index in [-0.39, 0.29) is 22.5 Å². The van der Waals surface area contributed by atoms with Crippen molar-refractivity contribution >= 4 is 27.7 Å². The van der Waals surface area contributed by atoms with Gasteiger partial charge in [-0.05, 0) is 64.7 Å². The summed E-state index contributed by atoms with van der Waals surface area (Å²) in [5, 5.41) is 2.14. The number of benzene rings is 5. The van der Waals surface area contributed by atoms with Crippen molar-refractivity contribution in [3.63, 3.8) is 0 Å². The lowest BCUT2D eigenvalue weighted by molar-refractivity contribution is -0.162. The summed E-state index contributed by atoms with van der Waals surface area (Å²) >= 11 is 0. The van der Waals surface area contributed by atoms with Gasteiger partial charge in [0.1, 0.15) is 5.58 Å². The molecule has 0 atom stereocenters. The van der Waals surface area contributed by atoms with Gasteiger partial charge in [-0.25, -0.2) is 0 Å². The highest BCUT2D eigenvalue weighted by Gasteiger charge is 2.43. The second-order valence-electron chi connectivity index (χ2n) is 10.8. The molecule has 0 radical (unpaired) electrons. The number of hydrogen-bond donors (Lipinski definition) is 0. The maximum atomic E-state index is 13.4. The molecule has 5 aromatic carbocycles. The van der Waals surface area contributed by atoms with Crippen molar-refractivity contribution in [1.82, 2.24) is 4.57 Å². The third-order valence-electron chi connectivity index (χ3n) is 8.00. The molecule has 0 unspecified atom stereocenters. The molecule has 0 amide bonds. The van der Waals surface area contributed by atoms with Crippen molar-refractivity contribution < 1.29 is 35.6 Å². The highest BCUT2D eigenvalue weighted by atomic mass is 19.4. The van der Waals surface area contributed by atoms with E-state index in [1.54, 1.807) is 18.4 Å². The van der Waals surface area contributed by atoms with Crippen molar-refractivity contribution in [2.75, 3.05) is 0 Å². The minimum atomic E-state index is -5.18. The summed E-state index contributed by atoms with van der Waals surface area (Å²) < 4.78 is 87.2.